The van der Waals surface area contributed by atoms with E-state index in [1.807, 2.05) is 24.0 Å². The van der Waals surface area contributed by atoms with Crippen LogP contribution in [0.25, 0.3) is 16.9 Å². The fourth-order valence-corrected chi connectivity index (χ4v) is 4.11. The molecule has 3 aromatic rings. The monoisotopic (exact) mass is 295 g/mol. The van der Waals surface area contributed by atoms with Gasteiger partial charge >= 0.3 is 0 Å². The zero-order valence-electron chi connectivity index (χ0n) is 12.0. The van der Waals surface area contributed by atoms with Gasteiger partial charge in [0.1, 0.15) is 11.3 Å². The first kappa shape index (κ1) is 12.9. The second-order valence-corrected chi connectivity index (χ2v) is 6.70. The highest BCUT2D eigenvalue weighted by atomic mass is 32.2. The van der Waals surface area contributed by atoms with E-state index < -0.39 is 0 Å². The SMILES string of the molecule is Cc1ccc(-n2c(C3CCSC3)nc3cccnc32)cc1. The van der Waals surface area contributed by atoms with Gasteiger partial charge in [0, 0.05) is 23.6 Å². The van der Waals surface area contributed by atoms with Crippen LogP contribution in [0.15, 0.2) is 42.6 Å². The van der Waals surface area contributed by atoms with E-state index in [2.05, 4.69) is 46.8 Å². The van der Waals surface area contributed by atoms with E-state index in [0.29, 0.717) is 5.92 Å². The van der Waals surface area contributed by atoms with Gasteiger partial charge in [-0.1, -0.05) is 17.7 Å². The smallest absolute Gasteiger partial charge is 0.164 e. The first-order valence-corrected chi connectivity index (χ1v) is 8.46. The lowest BCUT2D eigenvalue weighted by Gasteiger charge is -2.13. The lowest BCUT2D eigenvalue weighted by molar-refractivity contribution is 0.705. The van der Waals surface area contributed by atoms with E-state index in [1.165, 1.54) is 17.7 Å². The molecule has 3 heterocycles. The van der Waals surface area contributed by atoms with Crippen molar-refractivity contribution < 1.29 is 0 Å². The number of imidazole rings is 1. The number of aryl methyl sites for hydroxylation is 1. The number of pyridine rings is 1. The summed E-state index contributed by atoms with van der Waals surface area (Å²) < 4.78 is 2.24. The van der Waals surface area contributed by atoms with Crippen LogP contribution in [-0.2, 0) is 0 Å². The topological polar surface area (TPSA) is 30.7 Å². The second kappa shape index (κ2) is 5.19. The first-order chi connectivity index (χ1) is 10.3. The molecule has 0 saturated carbocycles. The Bertz CT molecular complexity index is 770. The summed E-state index contributed by atoms with van der Waals surface area (Å²) in [6, 6.07) is 12.6. The molecule has 2 aromatic heterocycles. The summed E-state index contributed by atoms with van der Waals surface area (Å²) in [7, 11) is 0. The van der Waals surface area contributed by atoms with Crippen LogP contribution in [0.3, 0.4) is 0 Å². The minimum Gasteiger partial charge on any atom is -0.280 e. The Kier molecular flexibility index (Phi) is 3.19. The molecule has 0 amide bonds. The summed E-state index contributed by atoms with van der Waals surface area (Å²) in [5, 5.41) is 0. The quantitative estimate of drug-likeness (QED) is 0.717. The molecule has 1 fully saturated rings. The van der Waals surface area contributed by atoms with Gasteiger partial charge in [0.05, 0.1) is 0 Å². The van der Waals surface area contributed by atoms with Crippen molar-refractivity contribution in [3.8, 4) is 5.69 Å². The molecule has 0 aliphatic carbocycles. The van der Waals surface area contributed by atoms with E-state index in [-0.39, 0.29) is 0 Å². The summed E-state index contributed by atoms with van der Waals surface area (Å²) in [6.45, 7) is 2.11. The Balaban J connectivity index is 1.95. The van der Waals surface area contributed by atoms with Crippen molar-refractivity contribution in [1.82, 2.24) is 14.5 Å². The molecule has 106 valence electrons. The number of hydrogen-bond donors (Lipinski definition) is 0. The van der Waals surface area contributed by atoms with Gasteiger partial charge in [0.25, 0.3) is 0 Å². The Morgan fingerprint density at radius 2 is 2.05 bits per heavy atom. The molecule has 1 atom stereocenters. The van der Waals surface area contributed by atoms with Gasteiger partial charge in [-0.15, -0.1) is 0 Å². The van der Waals surface area contributed by atoms with Gasteiger partial charge in [-0.2, -0.15) is 11.8 Å². The molecular weight excluding hydrogens is 278 g/mol. The van der Waals surface area contributed by atoms with Crippen LogP contribution in [-0.4, -0.2) is 26.0 Å². The summed E-state index contributed by atoms with van der Waals surface area (Å²) in [5.41, 5.74) is 4.39. The highest BCUT2D eigenvalue weighted by molar-refractivity contribution is 7.99. The predicted molar refractivity (Wildman–Crippen MR) is 88.3 cm³/mol. The van der Waals surface area contributed by atoms with Gasteiger partial charge < -0.3 is 0 Å². The highest BCUT2D eigenvalue weighted by Gasteiger charge is 2.25. The van der Waals surface area contributed by atoms with Gasteiger partial charge in [0.15, 0.2) is 5.65 Å². The third kappa shape index (κ3) is 2.23. The summed E-state index contributed by atoms with van der Waals surface area (Å²) in [6.07, 6.45) is 3.06. The Labute approximate surface area is 128 Å². The van der Waals surface area contributed by atoms with Crippen molar-refractivity contribution in [2.24, 2.45) is 0 Å². The fraction of sp³-hybridized carbons (Fsp3) is 0.294. The average molecular weight is 295 g/mol. The van der Waals surface area contributed by atoms with Crippen molar-refractivity contribution in [2.75, 3.05) is 11.5 Å². The maximum Gasteiger partial charge on any atom is 0.164 e. The zero-order chi connectivity index (χ0) is 14.2. The molecule has 1 aliphatic rings. The Hall–Kier alpha value is -1.81. The Morgan fingerprint density at radius 1 is 1.19 bits per heavy atom. The molecule has 0 N–H and O–H groups in total. The molecule has 1 saturated heterocycles. The third-order valence-electron chi connectivity index (χ3n) is 4.03. The minimum absolute atomic E-state index is 0.533. The Morgan fingerprint density at radius 3 is 2.81 bits per heavy atom. The van der Waals surface area contributed by atoms with Crippen molar-refractivity contribution in [1.29, 1.82) is 0 Å². The molecule has 1 aromatic carbocycles. The van der Waals surface area contributed by atoms with Crippen LogP contribution in [0.4, 0.5) is 0 Å². The number of hydrogen-bond acceptors (Lipinski definition) is 3. The highest BCUT2D eigenvalue weighted by Crippen LogP contribution is 2.34. The fourth-order valence-electron chi connectivity index (χ4n) is 2.89. The van der Waals surface area contributed by atoms with Crippen molar-refractivity contribution in [3.63, 3.8) is 0 Å². The molecule has 0 spiro atoms. The summed E-state index contributed by atoms with van der Waals surface area (Å²) >= 11 is 2.02. The van der Waals surface area contributed by atoms with Crippen LogP contribution in [0.1, 0.15) is 23.7 Å². The lowest BCUT2D eigenvalue weighted by Crippen LogP contribution is -2.07. The molecule has 1 aliphatic heterocycles. The van der Waals surface area contributed by atoms with Crippen LogP contribution in [0, 0.1) is 6.92 Å². The van der Waals surface area contributed by atoms with Crippen molar-refractivity contribution in [3.05, 3.63) is 54.0 Å². The molecule has 4 heteroatoms. The molecule has 0 bridgehead atoms. The largest absolute Gasteiger partial charge is 0.280 e. The molecule has 21 heavy (non-hydrogen) atoms. The third-order valence-corrected chi connectivity index (χ3v) is 5.19. The van der Waals surface area contributed by atoms with E-state index in [4.69, 9.17) is 4.98 Å². The van der Waals surface area contributed by atoms with E-state index in [0.717, 1.165) is 28.4 Å². The zero-order valence-corrected chi connectivity index (χ0v) is 12.8. The maximum absolute atomic E-state index is 4.88. The van der Waals surface area contributed by atoms with Crippen molar-refractivity contribution >= 4 is 22.9 Å². The minimum atomic E-state index is 0.533. The lowest BCUT2D eigenvalue weighted by atomic mass is 10.1. The second-order valence-electron chi connectivity index (χ2n) is 5.55. The van der Waals surface area contributed by atoms with E-state index in [9.17, 15) is 0 Å². The molecule has 4 rings (SSSR count). The van der Waals surface area contributed by atoms with E-state index >= 15 is 0 Å². The number of benzene rings is 1. The predicted octanol–water partition coefficient (Wildman–Crippen LogP) is 3.95. The maximum atomic E-state index is 4.88. The van der Waals surface area contributed by atoms with Crippen LogP contribution >= 0.6 is 11.8 Å². The standard InChI is InChI=1S/C17H17N3S/c1-12-4-6-14(7-5-12)20-16(13-8-10-21-11-13)19-15-3-2-9-18-17(15)20/h2-7,9,13H,8,10-11H2,1H3. The normalized spacial score (nSPS) is 18.4. The van der Waals surface area contributed by atoms with E-state index in [1.54, 1.807) is 0 Å². The van der Waals surface area contributed by atoms with Gasteiger partial charge in [-0.05, 0) is 43.4 Å². The number of thioether (sulfide) groups is 1. The summed E-state index contributed by atoms with van der Waals surface area (Å²) in [5.74, 6) is 4.09. The first-order valence-electron chi connectivity index (χ1n) is 7.31. The molecular formula is C17H17N3S. The molecule has 1 unspecified atom stereocenters. The summed E-state index contributed by atoms with van der Waals surface area (Å²) in [4.78, 5) is 9.45. The van der Waals surface area contributed by atoms with Crippen LogP contribution in [0.5, 0.6) is 0 Å². The van der Waals surface area contributed by atoms with Crippen LogP contribution < -0.4 is 0 Å². The number of nitrogens with zero attached hydrogens (tertiary/aromatic N) is 3. The van der Waals surface area contributed by atoms with Gasteiger partial charge in [0.2, 0.25) is 0 Å². The number of rotatable bonds is 2. The van der Waals surface area contributed by atoms with Crippen molar-refractivity contribution in [2.45, 2.75) is 19.3 Å². The molecule has 3 nitrogen and oxygen atoms in total. The number of fused-ring (bicyclic) bond motifs is 1. The van der Waals surface area contributed by atoms with Gasteiger partial charge in [-0.25, -0.2) is 9.97 Å². The van der Waals surface area contributed by atoms with Gasteiger partial charge in [-0.3, -0.25) is 4.57 Å². The molecule has 0 radical (unpaired) electrons. The van der Waals surface area contributed by atoms with Crippen LogP contribution in [0.2, 0.25) is 0 Å². The average Bonchev–Trinajstić information content (AvgIpc) is 3.15. The number of aromatic nitrogens is 3.